The Morgan fingerprint density at radius 1 is 1.32 bits per heavy atom. The Labute approximate surface area is 151 Å². The summed E-state index contributed by atoms with van der Waals surface area (Å²) in [4.78, 5) is 11.9. The third-order valence-electron chi connectivity index (χ3n) is 3.96. The van der Waals surface area contributed by atoms with Crippen LogP contribution in [0.15, 0.2) is 18.2 Å². The number of ether oxygens (including phenoxy) is 1. The lowest BCUT2D eigenvalue weighted by molar-refractivity contribution is -0.123. The van der Waals surface area contributed by atoms with E-state index in [4.69, 9.17) is 4.74 Å². The van der Waals surface area contributed by atoms with Gasteiger partial charge in [0.2, 0.25) is 10.0 Å². The van der Waals surface area contributed by atoms with E-state index in [-0.39, 0.29) is 18.3 Å². The number of nitrogens with zero attached hydrogens (tertiary/aromatic N) is 1. The zero-order valence-corrected chi connectivity index (χ0v) is 16.6. The van der Waals surface area contributed by atoms with Gasteiger partial charge in [-0.1, -0.05) is 26.0 Å². The fourth-order valence-electron chi connectivity index (χ4n) is 2.33. The van der Waals surface area contributed by atoms with Gasteiger partial charge in [0, 0.05) is 20.1 Å². The van der Waals surface area contributed by atoms with Crippen molar-refractivity contribution >= 4 is 15.9 Å². The summed E-state index contributed by atoms with van der Waals surface area (Å²) in [5.74, 6) is 0.920. The van der Waals surface area contributed by atoms with Crippen LogP contribution in [0, 0.1) is 6.92 Å². The summed E-state index contributed by atoms with van der Waals surface area (Å²) < 4.78 is 30.2. The molecule has 0 saturated heterocycles. The van der Waals surface area contributed by atoms with Crippen LogP contribution < -0.4 is 10.1 Å². The number of carbonyl (C=O) groups excluding carboxylic acids is 1. The van der Waals surface area contributed by atoms with Crippen molar-refractivity contribution in [2.75, 3.05) is 32.5 Å². The monoisotopic (exact) mass is 370 g/mol. The molecule has 0 heterocycles. The van der Waals surface area contributed by atoms with Crippen molar-refractivity contribution in [1.29, 1.82) is 0 Å². The molecule has 25 heavy (non-hydrogen) atoms. The Balaban J connectivity index is 2.40. The maximum absolute atomic E-state index is 11.9. The largest absolute Gasteiger partial charge is 0.483 e. The van der Waals surface area contributed by atoms with Crippen LogP contribution >= 0.6 is 0 Å². The van der Waals surface area contributed by atoms with Crippen LogP contribution in [0.5, 0.6) is 5.75 Å². The van der Waals surface area contributed by atoms with Crippen LogP contribution in [0.3, 0.4) is 0 Å². The summed E-state index contributed by atoms with van der Waals surface area (Å²) in [6.07, 6.45) is 0.559. The quantitative estimate of drug-likeness (QED) is 0.641. The molecule has 142 valence electrons. The summed E-state index contributed by atoms with van der Waals surface area (Å²) in [6.45, 7) is 8.51. The minimum Gasteiger partial charge on any atom is -0.483 e. The summed E-state index contributed by atoms with van der Waals surface area (Å²) in [7, 11) is -1.62. The van der Waals surface area contributed by atoms with Gasteiger partial charge in [-0.15, -0.1) is 0 Å². The van der Waals surface area contributed by atoms with Gasteiger partial charge >= 0.3 is 0 Å². The second-order valence-corrected chi connectivity index (χ2v) is 8.77. The van der Waals surface area contributed by atoms with Gasteiger partial charge in [-0.25, -0.2) is 12.7 Å². The Kier molecular flexibility index (Phi) is 8.38. The fraction of sp³-hybridized carbons (Fsp3) is 0.611. The number of benzene rings is 1. The molecular formula is C18H30N2O4S. The molecule has 0 fully saturated rings. The normalized spacial score (nSPS) is 11.8. The molecule has 1 aromatic carbocycles. The van der Waals surface area contributed by atoms with Crippen LogP contribution in [0.25, 0.3) is 0 Å². The maximum atomic E-state index is 11.9. The lowest BCUT2D eigenvalue weighted by Gasteiger charge is -2.16. The van der Waals surface area contributed by atoms with Crippen molar-refractivity contribution in [3.05, 3.63) is 29.3 Å². The summed E-state index contributed by atoms with van der Waals surface area (Å²) in [5, 5.41) is 2.76. The number of sulfonamides is 1. The van der Waals surface area contributed by atoms with E-state index in [0.717, 1.165) is 16.9 Å². The van der Waals surface area contributed by atoms with Gasteiger partial charge < -0.3 is 10.1 Å². The SMILES string of the molecule is CCS(=O)(=O)N(C)CCCNC(=O)COc1cc(C)ccc1C(C)C. The molecule has 0 spiro atoms. The van der Waals surface area contributed by atoms with E-state index in [1.807, 2.05) is 25.1 Å². The topological polar surface area (TPSA) is 75.7 Å². The van der Waals surface area contributed by atoms with Gasteiger partial charge in [-0.2, -0.15) is 0 Å². The molecular weight excluding hydrogens is 340 g/mol. The average Bonchev–Trinajstić information content (AvgIpc) is 2.56. The van der Waals surface area contributed by atoms with E-state index in [0.29, 0.717) is 25.4 Å². The first-order valence-corrected chi connectivity index (χ1v) is 10.2. The molecule has 7 heteroatoms. The van der Waals surface area contributed by atoms with Gasteiger partial charge in [-0.05, 0) is 43.4 Å². The number of amides is 1. The number of hydrogen-bond acceptors (Lipinski definition) is 4. The number of carbonyl (C=O) groups is 1. The molecule has 0 saturated carbocycles. The standard InChI is InChI=1S/C18H30N2O4S/c1-6-25(22,23)20(5)11-7-10-19-18(21)13-24-17-12-15(4)8-9-16(17)14(2)3/h8-9,12,14H,6-7,10-11,13H2,1-5H3,(H,19,21). The fourth-order valence-corrected chi connectivity index (χ4v) is 3.17. The van der Waals surface area contributed by atoms with Crippen molar-refractivity contribution in [1.82, 2.24) is 9.62 Å². The molecule has 0 aliphatic rings. The predicted molar refractivity (Wildman–Crippen MR) is 100 cm³/mol. The summed E-state index contributed by atoms with van der Waals surface area (Å²) >= 11 is 0. The Morgan fingerprint density at radius 2 is 2.00 bits per heavy atom. The second kappa shape index (κ2) is 9.77. The van der Waals surface area contributed by atoms with Gasteiger partial charge in [0.05, 0.1) is 5.75 Å². The predicted octanol–water partition coefficient (Wildman–Crippen LogP) is 2.29. The van der Waals surface area contributed by atoms with Gasteiger partial charge in [-0.3, -0.25) is 4.79 Å². The first kappa shape index (κ1) is 21.4. The van der Waals surface area contributed by atoms with Crippen LogP contribution in [0.4, 0.5) is 0 Å². The van der Waals surface area contributed by atoms with Crippen LogP contribution in [-0.2, 0) is 14.8 Å². The van der Waals surface area contributed by atoms with E-state index < -0.39 is 10.0 Å². The first-order chi connectivity index (χ1) is 11.7. The molecule has 0 unspecified atom stereocenters. The highest BCUT2D eigenvalue weighted by molar-refractivity contribution is 7.89. The molecule has 0 bridgehead atoms. The molecule has 0 radical (unpaired) electrons. The van der Waals surface area contributed by atoms with E-state index in [1.165, 1.54) is 4.31 Å². The molecule has 1 rings (SSSR count). The molecule has 0 aliphatic heterocycles. The number of aryl methyl sites for hydroxylation is 1. The molecule has 0 aromatic heterocycles. The third kappa shape index (κ3) is 7.04. The lowest BCUT2D eigenvalue weighted by Crippen LogP contribution is -2.34. The Bertz CT molecular complexity index is 672. The zero-order valence-electron chi connectivity index (χ0n) is 15.8. The molecule has 6 nitrogen and oxygen atoms in total. The highest BCUT2D eigenvalue weighted by atomic mass is 32.2. The third-order valence-corrected chi connectivity index (χ3v) is 5.82. The van der Waals surface area contributed by atoms with Crippen molar-refractivity contribution in [2.45, 2.75) is 40.0 Å². The minimum atomic E-state index is -3.17. The summed E-state index contributed by atoms with van der Waals surface area (Å²) in [5.41, 5.74) is 2.16. The molecule has 1 aromatic rings. The molecule has 1 amide bonds. The zero-order chi connectivity index (χ0) is 19.0. The highest BCUT2D eigenvalue weighted by Gasteiger charge is 2.14. The molecule has 0 aliphatic carbocycles. The molecule has 1 N–H and O–H groups in total. The summed E-state index contributed by atoms with van der Waals surface area (Å²) in [6, 6.07) is 5.99. The maximum Gasteiger partial charge on any atom is 0.257 e. The van der Waals surface area contributed by atoms with Crippen LogP contribution in [0.1, 0.15) is 44.2 Å². The smallest absolute Gasteiger partial charge is 0.257 e. The molecule has 0 atom stereocenters. The Hall–Kier alpha value is -1.60. The highest BCUT2D eigenvalue weighted by Crippen LogP contribution is 2.27. The van der Waals surface area contributed by atoms with Crippen LogP contribution in [-0.4, -0.2) is 51.1 Å². The van der Waals surface area contributed by atoms with Crippen molar-refractivity contribution < 1.29 is 17.9 Å². The van der Waals surface area contributed by atoms with Gasteiger partial charge in [0.25, 0.3) is 5.91 Å². The van der Waals surface area contributed by atoms with Crippen molar-refractivity contribution in [3.8, 4) is 5.75 Å². The van der Waals surface area contributed by atoms with Crippen molar-refractivity contribution in [2.24, 2.45) is 0 Å². The Morgan fingerprint density at radius 3 is 2.60 bits per heavy atom. The second-order valence-electron chi connectivity index (χ2n) is 6.41. The van der Waals surface area contributed by atoms with E-state index in [2.05, 4.69) is 19.2 Å². The van der Waals surface area contributed by atoms with Crippen molar-refractivity contribution in [3.63, 3.8) is 0 Å². The van der Waals surface area contributed by atoms with Crippen LogP contribution in [0.2, 0.25) is 0 Å². The first-order valence-electron chi connectivity index (χ1n) is 8.61. The average molecular weight is 371 g/mol. The van der Waals surface area contributed by atoms with E-state index in [9.17, 15) is 13.2 Å². The van der Waals surface area contributed by atoms with Gasteiger partial charge in [0.1, 0.15) is 5.75 Å². The lowest BCUT2D eigenvalue weighted by atomic mass is 10.0. The van der Waals surface area contributed by atoms with E-state index in [1.54, 1.807) is 14.0 Å². The minimum absolute atomic E-state index is 0.0493. The number of nitrogens with one attached hydrogen (secondary N) is 1. The van der Waals surface area contributed by atoms with E-state index >= 15 is 0 Å². The number of hydrogen-bond donors (Lipinski definition) is 1. The number of rotatable bonds is 10. The van der Waals surface area contributed by atoms with Gasteiger partial charge in [0.15, 0.2) is 6.61 Å².